The number of hydrogen-bond acceptors (Lipinski definition) is 6. The smallest absolute Gasteiger partial charge is 0.254 e. The molecule has 2 heterocycles. The van der Waals surface area contributed by atoms with Gasteiger partial charge in [0.1, 0.15) is 6.61 Å². The molecule has 6 nitrogen and oxygen atoms in total. The molecule has 1 aliphatic rings. The van der Waals surface area contributed by atoms with Crippen molar-refractivity contribution < 1.29 is 19.0 Å². The molecular weight excluding hydrogens is 340 g/mol. The van der Waals surface area contributed by atoms with Gasteiger partial charge in [-0.3, -0.25) is 4.79 Å². The largest absolute Gasteiger partial charge is 0.493 e. The van der Waals surface area contributed by atoms with Gasteiger partial charge in [0.2, 0.25) is 0 Å². The van der Waals surface area contributed by atoms with Crippen molar-refractivity contribution >= 4 is 17.2 Å². The SMILES string of the molecule is COc1cc(C(=O)N2C[C@H](C)O[C@@H](C)C2)ccc1OCc1cscn1. The fraction of sp³-hybridized carbons (Fsp3) is 0.444. The average molecular weight is 362 g/mol. The van der Waals surface area contributed by atoms with Gasteiger partial charge in [-0.25, -0.2) is 4.98 Å². The first kappa shape index (κ1) is 17.7. The molecule has 2 aromatic rings. The van der Waals surface area contributed by atoms with Gasteiger partial charge in [-0.15, -0.1) is 11.3 Å². The molecule has 0 bridgehead atoms. The van der Waals surface area contributed by atoms with Crippen molar-refractivity contribution in [3.8, 4) is 11.5 Å². The van der Waals surface area contributed by atoms with Crippen LogP contribution in [0.15, 0.2) is 29.1 Å². The van der Waals surface area contributed by atoms with E-state index in [1.54, 1.807) is 30.8 Å². The summed E-state index contributed by atoms with van der Waals surface area (Å²) in [5.41, 5.74) is 3.21. The van der Waals surface area contributed by atoms with E-state index in [-0.39, 0.29) is 18.1 Å². The van der Waals surface area contributed by atoms with Crippen LogP contribution in [0.1, 0.15) is 29.9 Å². The van der Waals surface area contributed by atoms with E-state index >= 15 is 0 Å². The number of carbonyl (C=O) groups is 1. The zero-order chi connectivity index (χ0) is 17.8. The standard InChI is InChI=1S/C18H22N2O4S/c1-12-7-20(8-13(2)24-12)18(21)14-4-5-16(17(6-14)22-3)23-9-15-10-25-11-19-15/h4-6,10-13H,7-9H2,1-3H3/t12-,13-/m0/s1. The Bertz CT molecular complexity index is 710. The molecule has 0 saturated carbocycles. The molecule has 1 amide bonds. The van der Waals surface area contributed by atoms with Gasteiger partial charge in [-0.05, 0) is 32.0 Å². The molecule has 0 aliphatic carbocycles. The highest BCUT2D eigenvalue weighted by molar-refractivity contribution is 7.07. The zero-order valence-electron chi connectivity index (χ0n) is 14.6. The number of amides is 1. The summed E-state index contributed by atoms with van der Waals surface area (Å²) in [5.74, 6) is 1.11. The molecule has 1 aromatic carbocycles. The van der Waals surface area contributed by atoms with Crippen LogP contribution in [0.5, 0.6) is 11.5 Å². The lowest BCUT2D eigenvalue weighted by atomic mass is 10.1. The first-order chi connectivity index (χ1) is 12.1. The highest BCUT2D eigenvalue weighted by Gasteiger charge is 2.27. The summed E-state index contributed by atoms with van der Waals surface area (Å²) in [6.45, 7) is 5.50. The maximum Gasteiger partial charge on any atom is 0.254 e. The molecule has 1 aliphatic heterocycles. The van der Waals surface area contributed by atoms with Gasteiger partial charge < -0.3 is 19.1 Å². The summed E-state index contributed by atoms with van der Waals surface area (Å²) >= 11 is 1.52. The highest BCUT2D eigenvalue weighted by Crippen LogP contribution is 2.29. The summed E-state index contributed by atoms with van der Waals surface area (Å²) in [7, 11) is 1.57. The highest BCUT2D eigenvalue weighted by atomic mass is 32.1. The van der Waals surface area contributed by atoms with Gasteiger partial charge in [0.25, 0.3) is 5.91 Å². The monoisotopic (exact) mass is 362 g/mol. The number of morpholine rings is 1. The van der Waals surface area contributed by atoms with Crippen molar-refractivity contribution in [1.29, 1.82) is 0 Å². The van der Waals surface area contributed by atoms with Gasteiger partial charge in [0.05, 0.1) is 30.5 Å². The maximum atomic E-state index is 12.8. The third-order valence-electron chi connectivity index (χ3n) is 3.98. The van der Waals surface area contributed by atoms with Crippen molar-refractivity contribution in [3.63, 3.8) is 0 Å². The van der Waals surface area contributed by atoms with E-state index in [4.69, 9.17) is 14.2 Å². The third kappa shape index (κ3) is 4.29. The van der Waals surface area contributed by atoms with Crippen LogP contribution in [0.25, 0.3) is 0 Å². The van der Waals surface area contributed by atoms with Crippen LogP contribution in [-0.4, -0.2) is 48.2 Å². The Morgan fingerprint density at radius 2 is 2.08 bits per heavy atom. The maximum absolute atomic E-state index is 12.8. The summed E-state index contributed by atoms with van der Waals surface area (Å²) in [6, 6.07) is 5.27. The molecule has 0 N–H and O–H groups in total. The number of methoxy groups -OCH3 is 1. The van der Waals surface area contributed by atoms with Crippen molar-refractivity contribution in [2.45, 2.75) is 32.7 Å². The number of hydrogen-bond donors (Lipinski definition) is 0. The minimum absolute atomic E-state index is 0.0219. The fourth-order valence-corrected chi connectivity index (χ4v) is 3.45. The van der Waals surface area contributed by atoms with Crippen LogP contribution in [0.4, 0.5) is 0 Å². The Labute approximate surface area is 151 Å². The molecule has 7 heteroatoms. The molecule has 0 spiro atoms. The predicted octanol–water partition coefficient (Wildman–Crippen LogP) is 2.98. The molecule has 1 aromatic heterocycles. The molecule has 1 saturated heterocycles. The van der Waals surface area contributed by atoms with Gasteiger partial charge in [-0.1, -0.05) is 0 Å². The molecule has 0 unspecified atom stereocenters. The predicted molar refractivity (Wildman–Crippen MR) is 95.4 cm³/mol. The second-order valence-corrected chi connectivity index (χ2v) is 6.82. The van der Waals surface area contributed by atoms with Gasteiger partial charge in [-0.2, -0.15) is 0 Å². The van der Waals surface area contributed by atoms with Crippen LogP contribution in [0.3, 0.4) is 0 Å². The van der Waals surface area contributed by atoms with Gasteiger partial charge in [0, 0.05) is 24.0 Å². The lowest BCUT2D eigenvalue weighted by molar-refractivity contribution is -0.0586. The van der Waals surface area contributed by atoms with Crippen LogP contribution < -0.4 is 9.47 Å². The van der Waals surface area contributed by atoms with Crippen LogP contribution in [-0.2, 0) is 11.3 Å². The van der Waals surface area contributed by atoms with E-state index in [9.17, 15) is 4.79 Å². The molecular formula is C18H22N2O4S. The van der Waals surface area contributed by atoms with E-state index in [1.165, 1.54) is 11.3 Å². The van der Waals surface area contributed by atoms with Crippen molar-refractivity contribution in [1.82, 2.24) is 9.88 Å². The number of carbonyl (C=O) groups excluding carboxylic acids is 1. The number of rotatable bonds is 5. The normalized spacial score (nSPS) is 20.4. The Kier molecular flexibility index (Phi) is 5.55. The van der Waals surface area contributed by atoms with E-state index < -0.39 is 0 Å². The van der Waals surface area contributed by atoms with E-state index in [0.29, 0.717) is 36.8 Å². The number of benzene rings is 1. The lowest BCUT2D eigenvalue weighted by Crippen LogP contribution is -2.48. The van der Waals surface area contributed by atoms with Crippen molar-refractivity contribution in [2.24, 2.45) is 0 Å². The number of ether oxygens (including phenoxy) is 3. The second kappa shape index (κ2) is 7.84. The second-order valence-electron chi connectivity index (χ2n) is 6.10. The van der Waals surface area contributed by atoms with Gasteiger partial charge in [0.15, 0.2) is 11.5 Å². The Balaban J connectivity index is 1.72. The molecule has 2 atom stereocenters. The van der Waals surface area contributed by atoms with Crippen LogP contribution in [0.2, 0.25) is 0 Å². The van der Waals surface area contributed by atoms with Crippen molar-refractivity contribution in [2.75, 3.05) is 20.2 Å². The summed E-state index contributed by atoms with van der Waals surface area (Å²) < 4.78 is 16.8. The molecule has 3 rings (SSSR count). The Morgan fingerprint density at radius 1 is 1.32 bits per heavy atom. The van der Waals surface area contributed by atoms with E-state index in [2.05, 4.69) is 4.98 Å². The quantitative estimate of drug-likeness (QED) is 0.818. The minimum Gasteiger partial charge on any atom is -0.493 e. The molecule has 1 fully saturated rings. The molecule has 0 radical (unpaired) electrons. The summed E-state index contributed by atoms with van der Waals surface area (Å²) in [6.07, 6.45) is 0.0747. The van der Waals surface area contributed by atoms with Crippen LogP contribution >= 0.6 is 11.3 Å². The Morgan fingerprint density at radius 3 is 2.72 bits per heavy atom. The first-order valence-corrected chi connectivity index (χ1v) is 9.13. The first-order valence-electron chi connectivity index (χ1n) is 8.19. The summed E-state index contributed by atoms with van der Waals surface area (Å²) in [4.78, 5) is 18.8. The van der Waals surface area contributed by atoms with Crippen molar-refractivity contribution in [3.05, 3.63) is 40.3 Å². The number of aromatic nitrogens is 1. The lowest BCUT2D eigenvalue weighted by Gasteiger charge is -2.35. The Hall–Kier alpha value is -2.12. The number of nitrogens with zero attached hydrogens (tertiary/aromatic N) is 2. The topological polar surface area (TPSA) is 60.9 Å². The minimum atomic E-state index is -0.0219. The summed E-state index contributed by atoms with van der Waals surface area (Å²) in [5, 5.41) is 1.94. The molecule has 134 valence electrons. The van der Waals surface area contributed by atoms with E-state index in [0.717, 1.165) is 5.69 Å². The number of thiazole rings is 1. The zero-order valence-corrected chi connectivity index (χ0v) is 15.4. The third-order valence-corrected chi connectivity index (χ3v) is 4.61. The van der Waals surface area contributed by atoms with E-state index in [1.807, 2.05) is 24.1 Å². The van der Waals surface area contributed by atoms with Gasteiger partial charge >= 0.3 is 0 Å². The fourth-order valence-electron chi connectivity index (χ4n) is 2.91. The average Bonchev–Trinajstić information content (AvgIpc) is 3.12. The van der Waals surface area contributed by atoms with Crippen LogP contribution in [0, 0.1) is 0 Å². The molecule has 25 heavy (non-hydrogen) atoms.